The normalized spacial score (nSPS) is 29.0. The van der Waals surface area contributed by atoms with Crippen molar-refractivity contribution in [2.75, 3.05) is 13.1 Å². The number of aliphatic imine (C=N–C) groups is 1. The van der Waals surface area contributed by atoms with Crippen molar-refractivity contribution in [2.24, 2.45) is 10.9 Å². The van der Waals surface area contributed by atoms with Crippen molar-refractivity contribution in [3.05, 3.63) is 23.9 Å². The van der Waals surface area contributed by atoms with Crippen LogP contribution in [0.15, 0.2) is 28.9 Å². The van der Waals surface area contributed by atoms with Crippen LogP contribution in [-0.2, 0) is 0 Å². The van der Waals surface area contributed by atoms with Crippen molar-refractivity contribution in [2.45, 2.75) is 6.92 Å². The Labute approximate surface area is 66.7 Å². The van der Waals surface area contributed by atoms with E-state index in [9.17, 15) is 0 Å². The molecule has 1 fully saturated rings. The van der Waals surface area contributed by atoms with Gasteiger partial charge in [-0.05, 0) is 11.5 Å². The average molecular weight is 148 g/mol. The average Bonchev–Trinajstić information content (AvgIpc) is 2.31. The molecular formula is C9H12N2. The first-order valence-corrected chi connectivity index (χ1v) is 4.01. The van der Waals surface area contributed by atoms with Crippen molar-refractivity contribution in [3.8, 4) is 0 Å². The molecule has 0 aromatic heterocycles. The van der Waals surface area contributed by atoms with Crippen molar-refractivity contribution in [1.29, 1.82) is 0 Å². The summed E-state index contributed by atoms with van der Waals surface area (Å²) in [5.41, 5.74) is 2.59. The van der Waals surface area contributed by atoms with Crippen molar-refractivity contribution in [1.82, 2.24) is 5.32 Å². The molecule has 2 aliphatic heterocycles. The number of rotatable bonds is 0. The Morgan fingerprint density at radius 2 is 2.45 bits per heavy atom. The predicted octanol–water partition coefficient (Wildman–Crippen LogP) is 1.12. The minimum Gasteiger partial charge on any atom is -0.307 e. The van der Waals surface area contributed by atoms with Crippen LogP contribution in [0, 0.1) is 5.92 Å². The molecule has 2 nitrogen and oxygen atoms in total. The number of allylic oxidation sites excluding steroid dienone is 2. The van der Waals surface area contributed by atoms with Crippen LogP contribution in [0.5, 0.6) is 0 Å². The van der Waals surface area contributed by atoms with E-state index in [0.29, 0.717) is 5.92 Å². The third kappa shape index (κ3) is 1.26. The van der Waals surface area contributed by atoms with Crippen LogP contribution >= 0.6 is 0 Å². The van der Waals surface area contributed by atoms with E-state index in [1.807, 2.05) is 6.20 Å². The fourth-order valence-electron chi connectivity index (χ4n) is 1.46. The van der Waals surface area contributed by atoms with E-state index in [2.05, 4.69) is 29.4 Å². The monoisotopic (exact) mass is 148 g/mol. The van der Waals surface area contributed by atoms with Gasteiger partial charge < -0.3 is 5.32 Å². The second kappa shape index (κ2) is 2.62. The van der Waals surface area contributed by atoms with Gasteiger partial charge in [-0.1, -0.05) is 19.1 Å². The molecular weight excluding hydrogens is 136 g/mol. The third-order valence-electron chi connectivity index (χ3n) is 2.06. The molecule has 0 spiro atoms. The molecule has 0 aliphatic carbocycles. The standard InChI is InChI=1S/C9H12N2/c1-7-2-3-11-9-6-10-5-8(9)4-7/h2-4,7,10H,5-6H2,1H3. The second-order valence-electron chi connectivity index (χ2n) is 3.07. The molecule has 2 aliphatic rings. The van der Waals surface area contributed by atoms with Gasteiger partial charge in [0.2, 0.25) is 0 Å². The molecule has 0 aromatic rings. The number of hydrogen-bond acceptors (Lipinski definition) is 2. The minimum atomic E-state index is 0.533. The molecule has 0 amide bonds. The van der Waals surface area contributed by atoms with Crippen molar-refractivity contribution < 1.29 is 0 Å². The quantitative estimate of drug-likeness (QED) is 0.547. The first-order chi connectivity index (χ1) is 5.36. The second-order valence-corrected chi connectivity index (χ2v) is 3.07. The third-order valence-corrected chi connectivity index (χ3v) is 2.06. The summed E-state index contributed by atoms with van der Waals surface area (Å²) >= 11 is 0. The van der Waals surface area contributed by atoms with Gasteiger partial charge in [0.25, 0.3) is 0 Å². The van der Waals surface area contributed by atoms with Gasteiger partial charge in [-0.2, -0.15) is 0 Å². The summed E-state index contributed by atoms with van der Waals surface area (Å²) in [7, 11) is 0. The number of hydrogen-bond donors (Lipinski definition) is 1. The van der Waals surface area contributed by atoms with Gasteiger partial charge in [0, 0.05) is 19.3 Å². The summed E-state index contributed by atoms with van der Waals surface area (Å²) in [6.07, 6.45) is 6.32. The molecule has 1 atom stereocenters. The summed E-state index contributed by atoms with van der Waals surface area (Å²) in [5.74, 6) is 0.533. The van der Waals surface area contributed by atoms with E-state index >= 15 is 0 Å². The summed E-state index contributed by atoms with van der Waals surface area (Å²) in [6, 6.07) is 0. The van der Waals surface area contributed by atoms with Crippen LogP contribution in [-0.4, -0.2) is 18.8 Å². The highest BCUT2D eigenvalue weighted by Gasteiger charge is 2.15. The molecule has 2 rings (SSSR count). The molecule has 2 heteroatoms. The Morgan fingerprint density at radius 1 is 1.55 bits per heavy atom. The largest absolute Gasteiger partial charge is 0.307 e. The van der Waals surface area contributed by atoms with Crippen molar-refractivity contribution in [3.63, 3.8) is 0 Å². The molecule has 1 saturated heterocycles. The van der Waals surface area contributed by atoms with E-state index in [1.165, 1.54) is 11.3 Å². The van der Waals surface area contributed by atoms with E-state index in [4.69, 9.17) is 0 Å². The SMILES string of the molecule is CC1C=CN=C2CNCC2=C1. The fourth-order valence-corrected chi connectivity index (χ4v) is 1.46. The van der Waals surface area contributed by atoms with Gasteiger partial charge in [-0.15, -0.1) is 0 Å². The molecule has 0 bridgehead atoms. The smallest absolute Gasteiger partial charge is 0.0583 e. The maximum Gasteiger partial charge on any atom is 0.0583 e. The van der Waals surface area contributed by atoms with E-state index in [1.54, 1.807) is 0 Å². The number of fused-ring (bicyclic) bond motifs is 1. The lowest BCUT2D eigenvalue weighted by molar-refractivity contribution is 0.882. The van der Waals surface area contributed by atoms with Gasteiger partial charge in [0.15, 0.2) is 0 Å². The molecule has 1 unspecified atom stereocenters. The Kier molecular flexibility index (Phi) is 1.62. The zero-order chi connectivity index (χ0) is 7.68. The van der Waals surface area contributed by atoms with Gasteiger partial charge in [0.1, 0.15) is 0 Å². The molecule has 1 N–H and O–H groups in total. The van der Waals surface area contributed by atoms with Gasteiger partial charge in [-0.3, -0.25) is 4.99 Å². The van der Waals surface area contributed by atoms with E-state index in [-0.39, 0.29) is 0 Å². The molecule has 0 aromatic carbocycles. The summed E-state index contributed by atoms with van der Waals surface area (Å²) in [6.45, 7) is 4.11. The lowest BCUT2D eigenvalue weighted by atomic mass is 10.1. The molecule has 58 valence electrons. The molecule has 0 saturated carbocycles. The number of nitrogens with one attached hydrogen (secondary N) is 1. The van der Waals surface area contributed by atoms with Gasteiger partial charge in [0.05, 0.1) is 5.71 Å². The van der Waals surface area contributed by atoms with E-state index in [0.717, 1.165) is 13.1 Å². The number of nitrogens with zero attached hydrogens (tertiary/aromatic N) is 1. The Balaban J connectivity index is 2.34. The van der Waals surface area contributed by atoms with Crippen molar-refractivity contribution >= 4 is 5.71 Å². The summed E-state index contributed by atoms with van der Waals surface area (Å²) in [5, 5.41) is 3.28. The highest BCUT2D eigenvalue weighted by molar-refractivity contribution is 6.04. The van der Waals surface area contributed by atoms with Crippen LogP contribution in [0.4, 0.5) is 0 Å². The Morgan fingerprint density at radius 3 is 3.36 bits per heavy atom. The fraction of sp³-hybridized carbons (Fsp3) is 0.444. The zero-order valence-electron chi connectivity index (χ0n) is 6.67. The van der Waals surface area contributed by atoms with Crippen LogP contribution in [0.25, 0.3) is 0 Å². The first-order valence-electron chi connectivity index (χ1n) is 4.01. The first kappa shape index (κ1) is 6.80. The highest BCUT2D eigenvalue weighted by Crippen LogP contribution is 2.13. The van der Waals surface area contributed by atoms with Crippen LogP contribution < -0.4 is 5.32 Å². The van der Waals surface area contributed by atoms with Crippen LogP contribution in [0.1, 0.15) is 6.92 Å². The summed E-state index contributed by atoms with van der Waals surface area (Å²) in [4.78, 5) is 4.34. The Bertz CT molecular complexity index is 248. The van der Waals surface area contributed by atoms with Crippen LogP contribution in [0.3, 0.4) is 0 Å². The Hall–Kier alpha value is -0.890. The lowest BCUT2D eigenvalue weighted by Gasteiger charge is -1.97. The molecule has 11 heavy (non-hydrogen) atoms. The lowest BCUT2D eigenvalue weighted by Crippen LogP contribution is -2.07. The molecule has 2 heterocycles. The van der Waals surface area contributed by atoms with Gasteiger partial charge >= 0.3 is 0 Å². The predicted molar refractivity (Wildman–Crippen MR) is 46.7 cm³/mol. The van der Waals surface area contributed by atoms with Gasteiger partial charge in [-0.25, -0.2) is 0 Å². The maximum absolute atomic E-state index is 4.34. The minimum absolute atomic E-state index is 0.533. The molecule has 0 radical (unpaired) electrons. The van der Waals surface area contributed by atoms with E-state index < -0.39 is 0 Å². The topological polar surface area (TPSA) is 24.4 Å². The zero-order valence-corrected chi connectivity index (χ0v) is 6.67. The summed E-state index contributed by atoms with van der Waals surface area (Å²) < 4.78 is 0. The van der Waals surface area contributed by atoms with Crippen LogP contribution in [0.2, 0.25) is 0 Å². The highest BCUT2D eigenvalue weighted by atomic mass is 14.9. The maximum atomic E-state index is 4.34.